The molecule has 0 aliphatic carbocycles. The van der Waals surface area contributed by atoms with Crippen molar-refractivity contribution >= 4 is 0 Å². The zero-order valence-corrected chi connectivity index (χ0v) is 16.7. The maximum absolute atomic E-state index is 12.9. The monoisotopic (exact) mass is 421 g/mol. The van der Waals surface area contributed by atoms with Gasteiger partial charge in [0.1, 0.15) is 0 Å². The second-order valence-corrected chi connectivity index (χ2v) is 8.07. The molecule has 0 saturated carbocycles. The van der Waals surface area contributed by atoms with Gasteiger partial charge < -0.3 is 4.74 Å². The van der Waals surface area contributed by atoms with Crippen molar-refractivity contribution in [2.45, 2.75) is 39.0 Å². The van der Waals surface area contributed by atoms with E-state index in [9.17, 15) is 26.3 Å². The van der Waals surface area contributed by atoms with E-state index in [0.717, 1.165) is 25.9 Å². The largest absolute Gasteiger partial charge is 0.416 e. The number of ether oxygens (including phenoxy) is 1. The van der Waals surface area contributed by atoms with Gasteiger partial charge in [-0.25, -0.2) is 0 Å². The maximum Gasteiger partial charge on any atom is 0.416 e. The van der Waals surface area contributed by atoms with Crippen molar-refractivity contribution in [2.75, 3.05) is 33.4 Å². The van der Waals surface area contributed by atoms with Gasteiger partial charge in [-0.15, -0.1) is 0 Å². The number of piperidine rings is 1. The summed E-state index contributed by atoms with van der Waals surface area (Å²) < 4.78 is 82.7. The molecule has 0 amide bonds. The summed E-state index contributed by atoms with van der Waals surface area (Å²) in [5.74, 6) is 5.68. The topological polar surface area (TPSA) is 12.5 Å². The molecule has 1 aromatic rings. The van der Waals surface area contributed by atoms with Gasteiger partial charge in [-0.1, -0.05) is 25.7 Å². The summed E-state index contributed by atoms with van der Waals surface area (Å²) in [5.41, 5.74) is -2.93. The molecule has 29 heavy (non-hydrogen) atoms. The van der Waals surface area contributed by atoms with Crippen LogP contribution in [0.5, 0.6) is 0 Å². The number of hydrogen-bond acceptors (Lipinski definition) is 2. The van der Waals surface area contributed by atoms with Crippen molar-refractivity contribution in [3.63, 3.8) is 0 Å². The molecule has 1 heterocycles. The number of hydrogen-bond donors (Lipinski definition) is 0. The van der Waals surface area contributed by atoms with Crippen molar-refractivity contribution in [3.05, 3.63) is 34.9 Å². The number of halogens is 6. The number of nitrogens with zero attached hydrogens (tertiary/aromatic N) is 1. The van der Waals surface area contributed by atoms with Gasteiger partial charge in [-0.2, -0.15) is 26.3 Å². The number of rotatable bonds is 4. The molecule has 0 aromatic heterocycles. The van der Waals surface area contributed by atoms with Crippen LogP contribution in [0, 0.1) is 23.2 Å². The average molecular weight is 421 g/mol. The summed E-state index contributed by atoms with van der Waals surface area (Å²) in [4.78, 5) is 2.06. The Balaban J connectivity index is 2.06. The molecular formula is C21H25F6NO. The Labute approximate surface area is 167 Å². The fraction of sp³-hybridized carbons (Fsp3) is 0.619. The lowest BCUT2D eigenvalue weighted by Gasteiger charge is -2.39. The Bertz CT molecular complexity index is 717. The first-order chi connectivity index (χ1) is 13.3. The van der Waals surface area contributed by atoms with E-state index >= 15 is 0 Å². The highest BCUT2D eigenvalue weighted by Gasteiger charge is 2.37. The molecule has 162 valence electrons. The standard InChI is InChI=1S/C21H25F6NO/c1-19(2,14-29-3)16-6-9-28(10-7-16)8-4-5-15-11-17(20(22,23)24)13-18(12-15)21(25,26)27/h11-13,16H,6-10,14H2,1-3H3. The number of likely N-dealkylation sites (tertiary alicyclic amines) is 1. The van der Waals surface area contributed by atoms with Crippen LogP contribution < -0.4 is 0 Å². The number of benzene rings is 1. The second-order valence-electron chi connectivity index (χ2n) is 8.07. The summed E-state index contributed by atoms with van der Waals surface area (Å²) in [7, 11) is 1.67. The molecule has 8 heteroatoms. The van der Waals surface area contributed by atoms with Crippen LogP contribution in [0.25, 0.3) is 0 Å². The quantitative estimate of drug-likeness (QED) is 0.473. The third-order valence-electron chi connectivity index (χ3n) is 5.33. The molecule has 2 rings (SSSR count). The van der Waals surface area contributed by atoms with Gasteiger partial charge in [-0.05, 0) is 55.5 Å². The van der Waals surface area contributed by atoms with Gasteiger partial charge in [0, 0.05) is 12.7 Å². The van der Waals surface area contributed by atoms with Gasteiger partial charge in [0.15, 0.2) is 0 Å². The maximum atomic E-state index is 12.9. The van der Waals surface area contributed by atoms with E-state index in [1.165, 1.54) is 0 Å². The third-order valence-corrected chi connectivity index (χ3v) is 5.33. The minimum Gasteiger partial charge on any atom is -0.384 e. The summed E-state index contributed by atoms with van der Waals surface area (Å²) in [6.45, 7) is 6.83. The van der Waals surface area contributed by atoms with Crippen LogP contribution in [0.3, 0.4) is 0 Å². The average Bonchev–Trinajstić information content (AvgIpc) is 2.60. The van der Waals surface area contributed by atoms with Crippen LogP contribution in [-0.4, -0.2) is 38.3 Å². The molecule has 0 bridgehead atoms. The normalized spacial score (nSPS) is 17.1. The zero-order chi connectivity index (χ0) is 21.9. The van der Waals surface area contributed by atoms with Crippen LogP contribution in [0.4, 0.5) is 26.3 Å². The van der Waals surface area contributed by atoms with Crippen LogP contribution in [0.1, 0.15) is 43.4 Å². The van der Waals surface area contributed by atoms with Crippen LogP contribution >= 0.6 is 0 Å². The second kappa shape index (κ2) is 8.97. The van der Waals surface area contributed by atoms with Gasteiger partial charge in [0.05, 0.1) is 24.3 Å². The first kappa shape index (κ1) is 23.6. The first-order valence-corrected chi connectivity index (χ1v) is 9.32. The smallest absolute Gasteiger partial charge is 0.384 e. The predicted octanol–water partition coefficient (Wildman–Crippen LogP) is 5.46. The van der Waals surface area contributed by atoms with Gasteiger partial charge >= 0.3 is 12.4 Å². The van der Waals surface area contributed by atoms with E-state index in [2.05, 4.69) is 30.6 Å². The molecular weight excluding hydrogens is 396 g/mol. The number of alkyl halides is 6. The number of methoxy groups -OCH3 is 1. The molecule has 1 fully saturated rings. The zero-order valence-electron chi connectivity index (χ0n) is 16.7. The Kier molecular flexibility index (Phi) is 7.28. The molecule has 1 saturated heterocycles. The van der Waals surface area contributed by atoms with E-state index in [0.29, 0.717) is 31.2 Å². The summed E-state index contributed by atoms with van der Waals surface area (Å²) in [6, 6.07) is 1.42. The lowest BCUT2D eigenvalue weighted by Crippen LogP contribution is -2.40. The SMILES string of the molecule is COCC(C)(C)C1CCN(CC#Cc2cc(C(F)(F)F)cc(C(F)(F)F)c2)CC1. The van der Waals surface area contributed by atoms with Crippen LogP contribution in [0.2, 0.25) is 0 Å². The molecule has 0 spiro atoms. The summed E-state index contributed by atoms with van der Waals surface area (Å²) in [5, 5.41) is 0. The Hall–Kier alpha value is -1.72. The molecule has 0 N–H and O–H groups in total. The van der Waals surface area contributed by atoms with Gasteiger partial charge in [0.2, 0.25) is 0 Å². The molecule has 2 nitrogen and oxygen atoms in total. The Morgan fingerprint density at radius 2 is 1.48 bits per heavy atom. The third kappa shape index (κ3) is 6.65. The Morgan fingerprint density at radius 1 is 0.966 bits per heavy atom. The minimum absolute atomic E-state index is 0.0541. The van der Waals surface area contributed by atoms with E-state index in [1.54, 1.807) is 7.11 Å². The van der Waals surface area contributed by atoms with Crippen molar-refractivity contribution in [1.82, 2.24) is 4.90 Å². The van der Waals surface area contributed by atoms with E-state index < -0.39 is 23.5 Å². The highest BCUT2D eigenvalue weighted by atomic mass is 19.4. The van der Waals surface area contributed by atoms with Crippen molar-refractivity contribution in [2.24, 2.45) is 11.3 Å². The molecule has 1 aliphatic heterocycles. The Morgan fingerprint density at radius 3 is 1.93 bits per heavy atom. The lowest BCUT2D eigenvalue weighted by atomic mass is 9.74. The highest BCUT2D eigenvalue weighted by Crippen LogP contribution is 2.36. The predicted molar refractivity (Wildman–Crippen MR) is 98.1 cm³/mol. The first-order valence-electron chi connectivity index (χ1n) is 9.32. The van der Waals surface area contributed by atoms with Crippen molar-refractivity contribution < 1.29 is 31.1 Å². The highest BCUT2D eigenvalue weighted by molar-refractivity contribution is 5.42. The van der Waals surface area contributed by atoms with E-state index in [4.69, 9.17) is 4.74 Å². The molecule has 0 radical (unpaired) electrons. The fourth-order valence-electron chi connectivity index (χ4n) is 3.64. The van der Waals surface area contributed by atoms with Gasteiger partial charge in [0.25, 0.3) is 0 Å². The fourth-order valence-corrected chi connectivity index (χ4v) is 3.64. The summed E-state index contributed by atoms with van der Waals surface area (Å²) in [6.07, 6.45) is -7.84. The lowest BCUT2D eigenvalue weighted by molar-refractivity contribution is -0.143. The van der Waals surface area contributed by atoms with E-state index in [-0.39, 0.29) is 17.0 Å². The molecule has 0 atom stereocenters. The minimum atomic E-state index is -4.87. The van der Waals surface area contributed by atoms with Crippen molar-refractivity contribution in [3.8, 4) is 11.8 Å². The van der Waals surface area contributed by atoms with Crippen molar-refractivity contribution in [1.29, 1.82) is 0 Å². The molecule has 0 unspecified atom stereocenters. The molecule has 1 aliphatic rings. The van der Waals surface area contributed by atoms with Crippen LogP contribution in [-0.2, 0) is 17.1 Å². The molecule has 1 aromatic carbocycles. The van der Waals surface area contributed by atoms with Gasteiger partial charge in [-0.3, -0.25) is 4.90 Å². The van der Waals surface area contributed by atoms with Crippen LogP contribution in [0.15, 0.2) is 18.2 Å². The summed E-state index contributed by atoms with van der Waals surface area (Å²) >= 11 is 0. The van der Waals surface area contributed by atoms with E-state index in [1.807, 2.05) is 0 Å².